The summed E-state index contributed by atoms with van der Waals surface area (Å²) in [5.41, 5.74) is 0. The smallest absolute Gasteiger partial charge is 0.168 e. The van der Waals surface area contributed by atoms with Gasteiger partial charge in [0.2, 0.25) is 0 Å². The van der Waals surface area contributed by atoms with E-state index in [9.17, 15) is 8.42 Å². The quantitative estimate of drug-likeness (QED) is 0.790. The Balaban J connectivity index is 2.79. The lowest BCUT2D eigenvalue weighted by Crippen LogP contribution is -2.28. The van der Waals surface area contributed by atoms with E-state index < -0.39 is 9.84 Å². The van der Waals surface area contributed by atoms with Crippen molar-refractivity contribution in [1.29, 1.82) is 0 Å². The predicted molar refractivity (Wildman–Crippen MR) is 73.5 cm³/mol. The van der Waals surface area contributed by atoms with E-state index in [1.807, 2.05) is 6.92 Å². The van der Waals surface area contributed by atoms with Crippen LogP contribution < -0.4 is 5.32 Å². The number of hydrogen-bond donors (Lipinski definition) is 1. The first kappa shape index (κ1) is 16.0. The highest BCUT2D eigenvalue weighted by Crippen LogP contribution is 2.14. The predicted octanol–water partition coefficient (Wildman–Crippen LogP) is 0.585. The maximum atomic E-state index is 11.3. The topological polar surface area (TPSA) is 89.8 Å². The highest BCUT2D eigenvalue weighted by molar-refractivity contribution is 7.90. The molecule has 1 heterocycles. The molecule has 0 fully saturated rings. The lowest BCUT2D eigenvalue weighted by atomic mass is 10.2. The summed E-state index contributed by atoms with van der Waals surface area (Å²) >= 11 is 0. The van der Waals surface area contributed by atoms with Gasteiger partial charge in [-0.15, -0.1) is 5.10 Å². The van der Waals surface area contributed by atoms with Gasteiger partial charge < -0.3 is 5.32 Å². The van der Waals surface area contributed by atoms with E-state index in [4.69, 9.17) is 0 Å². The van der Waals surface area contributed by atoms with Gasteiger partial charge >= 0.3 is 0 Å². The van der Waals surface area contributed by atoms with Gasteiger partial charge in [0, 0.05) is 6.26 Å². The van der Waals surface area contributed by atoms with Gasteiger partial charge in [0.15, 0.2) is 5.82 Å². The Kier molecular flexibility index (Phi) is 5.42. The zero-order valence-corrected chi connectivity index (χ0v) is 13.0. The third kappa shape index (κ3) is 5.23. The van der Waals surface area contributed by atoms with Crippen LogP contribution in [0.4, 0.5) is 0 Å². The van der Waals surface area contributed by atoms with Crippen LogP contribution in [-0.2, 0) is 9.84 Å². The Hall–Kier alpha value is -1.02. The molecule has 0 saturated carbocycles. The zero-order chi connectivity index (χ0) is 14.6. The number of nitrogens with zero attached hydrogens (tertiary/aromatic N) is 4. The standard InChI is InChI=1S/C11H23N5O2S/c1-8(2)6-12-10(4)11-13-14-15-16(11)9(3)7-19(5,17)18/h8-10,12H,6-7H2,1-5H3. The molecular formula is C11H23N5O2S. The second-order valence-electron chi connectivity index (χ2n) is 5.45. The van der Waals surface area contributed by atoms with Crippen molar-refractivity contribution in [2.45, 2.75) is 39.8 Å². The van der Waals surface area contributed by atoms with Crippen molar-refractivity contribution in [2.24, 2.45) is 5.92 Å². The van der Waals surface area contributed by atoms with Crippen LogP contribution >= 0.6 is 0 Å². The number of hydrogen-bond acceptors (Lipinski definition) is 6. The zero-order valence-electron chi connectivity index (χ0n) is 12.2. The van der Waals surface area contributed by atoms with Crippen molar-refractivity contribution in [1.82, 2.24) is 25.5 Å². The minimum absolute atomic E-state index is 0.0144. The fraction of sp³-hybridized carbons (Fsp3) is 0.909. The van der Waals surface area contributed by atoms with Crippen LogP contribution in [0, 0.1) is 5.92 Å². The maximum Gasteiger partial charge on any atom is 0.168 e. The minimum atomic E-state index is -3.05. The molecule has 2 unspecified atom stereocenters. The van der Waals surface area contributed by atoms with E-state index in [0.29, 0.717) is 11.7 Å². The molecule has 8 heteroatoms. The fourth-order valence-electron chi connectivity index (χ4n) is 1.81. The van der Waals surface area contributed by atoms with Gasteiger partial charge in [-0.1, -0.05) is 13.8 Å². The van der Waals surface area contributed by atoms with Crippen molar-refractivity contribution in [3.63, 3.8) is 0 Å². The van der Waals surface area contributed by atoms with Gasteiger partial charge in [0.05, 0.1) is 17.8 Å². The fourth-order valence-corrected chi connectivity index (χ4v) is 2.83. The molecular weight excluding hydrogens is 266 g/mol. The molecule has 2 atom stereocenters. The molecule has 0 aromatic carbocycles. The van der Waals surface area contributed by atoms with Crippen molar-refractivity contribution < 1.29 is 8.42 Å². The Morgan fingerprint density at radius 1 is 1.26 bits per heavy atom. The summed E-state index contributed by atoms with van der Waals surface area (Å²) in [4.78, 5) is 0. The highest BCUT2D eigenvalue weighted by Gasteiger charge is 2.21. The van der Waals surface area contributed by atoms with Crippen molar-refractivity contribution >= 4 is 9.84 Å². The van der Waals surface area contributed by atoms with Gasteiger partial charge in [-0.25, -0.2) is 13.1 Å². The molecule has 0 bridgehead atoms. The van der Waals surface area contributed by atoms with Crippen LogP contribution in [0.3, 0.4) is 0 Å². The SMILES string of the molecule is CC(C)CNC(C)c1nnnn1C(C)CS(C)(=O)=O. The molecule has 1 rings (SSSR count). The largest absolute Gasteiger partial charge is 0.307 e. The summed E-state index contributed by atoms with van der Waals surface area (Å²) in [6.45, 7) is 8.87. The first-order valence-electron chi connectivity index (χ1n) is 6.39. The number of rotatable bonds is 7. The van der Waals surface area contributed by atoms with E-state index in [2.05, 4.69) is 34.7 Å². The monoisotopic (exact) mass is 289 g/mol. The van der Waals surface area contributed by atoms with Crippen molar-refractivity contribution in [2.75, 3.05) is 18.6 Å². The third-order valence-electron chi connectivity index (χ3n) is 2.70. The van der Waals surface area contributed by atoms with Crippen LogP contribution in [0.25, 0.3) is 0 Å². The second kappa shape index (κ2) is 6.42. The first-order valence-corrected chi connectivity index (χ1v) is 8.45. The molecule has 1 aromatic heterocycles. The van der Waals surface area contributed by atoms with E-state index in [0.717, 1.165) is 6.54 Å². The molecule has 0 saturated heterocycles. The molecule has 0 spiro atoms. The van der Waals surface area contributed by atoms with E-state index in [1.165, 1.54) is 6.26 Å². The Morgan fingerprint density at radius 3 is 2.42 bits per heavy atom. The van der Waals surface area contributed by atoms with Crippen LogP contribution in [0.15, 0.2) is 0 Å². The molecule has 7 nitrogen and oxygen atoms in total. The summed E-state index contributed by atoms with van der Waals surface area (Å²) in [5.74, 6) is 1.22. The van der Waals surface area contributed by atoms with Crippen molar-refractivity contribution in [3.05, 3.63) is 5.82 Å². The van der Waals surface area contributed by atoms with Crippen LogP contribution in [0.2, 0.25) is 0 Å². The molecule has 0 aliphatic heterocycles. The summed E-state index contributed by atoms with van der Waals surface area (Å²) in [7, 11) is -3.05. The van der Waals surface area contributed by atoms with Crippen LogP contribution in [-0.4, -0.2) is 47.2 Å². The highest BCUT2D eigenvalue weighted by atomic mass is 32.2. The van der Waals surface area contributed by atoms with Gasteiger partial charge in [-0.2, -0.15) is 0 Å². The summed E-state index contributed by atoms with van der Waals surface area (Å²) in [6.07, 6.45) is 1.22. The summed E-state index contributed by atoms with van der Waals surface area (Å²) < 4.78 is 24.3. The average Bonchev–Trinajstić information content (AvgIpc) is 2.72. The molecule has 1 N–H and O–H groups in total. The van der Waals surface area contributed by atoms with E-state index in [-0.39, 0.29) is 17.8 Å². The number of tetrazole rings is 1. The number of aromatic nitrogens is 4. The maximum absolute atomic E-state index is 11.3. The molecule has 0 amide bonds. The summed E-state index contributed by atoms with van der Waals surface area (Å²) in [6, 6.07) is -0.289. The van der Waals surface area contributed by atoms with Crippen LogP contribution in [0.1, 0.15) is 45.6 Å². The molecule has 0 aliphatic rings. The Bertz CT molecular complexity index is 497. The number of nitrogens with one attached hydrogen (secondary N) is 1. The summed E-state index contributed by atoms with van der Waals surface area (Å²) in [5, 5.41) is 14.9. The normalized spacial score (nSPS) is 15.7. The second-order valence-corrected chi connectivity index (χ2v) is 7.63. The molecule has 0 radical (unpaired) electrons. The average molecular weight is 289 g/mol. The van der Waals surface area contributed by atoms with Gasteiger partial charge in [-0.05, 0) is 36.7 Å². The molecule has 0 aliphatic carbocycles. The van der Waals surface area contributed by atoms with Gasteiger partial charge in [0.1, 0.15) is 9.84 Å². The van der Waals surface area contributed by atoms with E-state index in [1.54, 1.807) is 11.6 Å². The molecule has 110 valence electrons. The third-order valence-corrected chi connectivity index (χ3v) is 3.79. The van der Waals surface area contributed by atoms with E-state index >= 15 is 0 Å². The Morgan fingerprint density at radius 2 is 1.89 bits per heavy atom. The van der Waals surface area contributed by atoms with Crippen LogP contribution in [0.5, 0.6) is 0 Å². The minimum Gasteiger partial charge on any atom is -0.307 e. The Labute approximate surface area is 114 Å². The van der Waals surface area contributed by atoms with Gasteiger partial charge in [0.25, 0.3) is 0 Å². The lowest BCUT2D eigenvalue weighted by molar-refractivity contribution is 0.429. The lowest BCUT2D eigenvalue weighted by Gasteiger charge is -2.18. The van der Waals surface area contributed by atoms with Crippen molar-refractivity contribution in [3.8, 4) is 0 Å². The molecule has 1 aromatic rings. The van der Waals surface area contributed by atoms with Gasteiger partial charge in [-0.3, -0.25) is 0 Å². The molecule has 19 heavy (non-hydrogen) atoms. The first-order chi connectivity index (χ1) is 8.70. The number of sulfone groups is 1.